The first-order chi connectivity index (χ1) is 15.9. The average molecular weight is 459 g/mol. The van der Waals surface area contributed by atoms with Crippen LogP contribution in [0.2, 0.25) is 5.02 Å². The van der Waals surface area contributed by atoms with Gasteiger partial charge in [-0.15, -0.1) is 4.52 Å². The molecule has 164 valence electrons. The van der Waals surface area contributed by atoms with Crippen molar-refractivity contribution in [3.63, 3.8) is 0 Å². The van der Waals surface area contributed by atoms with Crippen LogP contribution in [0.5, 0.6) is 0 Å². The molecule has 3 heterocycles. The molecule has 1 aromatic carbocycles. The van der Waals surface area contributed by atoms with Crippen LogP contribution in [0, 0.1) is 31.8 Å². The quantitative estimate of drug-likeness (QED) is 0.422. The van der Waals surface area contributed by atoms with E-state index in [0.717, 1.165) is 29.8 Å². The van der Waals surface area contributed by atoms with Gasteiger partial charge in [0.25, 0.3) is 17.4 Å². The number of nitrogens with zero attached hydrogens (tertiary/aromatic N) is 8. The molecule has 1 fully saturated rings. The number of fused-ring (bicyclic) bond motifs is 1. The second-order valence-electron chi connectivity index (χ2n) is 7.96. The number of rotatable bonds is 5. The zero-order valence-electron chi connectivity index (χ0n) is 18.2. The molecule has 0 saturated heterocycles. The van der Waals surface area contributed by atoms with Gasteiger partial charge < -0.3 is 15.5 Å². The first-order valence-electron chi connectivity index (χ1n) is 10.3. The number of nitriles is 1. The first kappa shape index (κ1) is 20.7. The number of hydrogen-bond acceptors (Lipinski definition) is 7. The predicted molar refractivity (Wildman–Crippen MR) is 125 cm³/mol. The molecule has 3 aromatic heterocycles. The molecule has 0 spiro atoms. The standard InChI is InChI=1S/C22H19ClN10/c1-11-18(12(2)32(4)30-11)15-7-13(9-24)8-16(19(15)23)28-22-29-20(27-14-5-6-14)21-26-10-17(25-3)33(21)31-22/h7-8,10,14H,5-6H2,1-2,4H3,(H2,27,28,29,31). The summed E-state index contributed by atoms with van der Waals surface area (Å²) >= 11 is 6.82. The van der Waals surface area contributed by atoms with Crippen LogP contribution in [0.1, 0.15) is 29.8 Å². The van der Waals surface area contributed by atoms with Gasteiger partial charge in [-0.05, 0) is 38.8 Å². The fourth-order valence-corrected chi connectivity index (χ4v) is 4.01. The van der Waals surface area contributed by atoms with E-state index in [9.17, 15) is 5.26 Å². The van der Waals surface area contributed by atoms with Crippen LogP contribution in [0.25, 0.3) is 21.6 Å². The minimum Gasteiger partial charge on any atom is -0.362 e. The summed E-state index contributed by atoms with van der Waals surface area (Å²) in [5.74, 6) is 1.04. The summed E-state index contributed by atoms with van der Waals surface area (Å²) in [6.45, 7) is 11.3. The van der Waals surface area contributed by atoms with Crippen LogP contribution in [0.4, 0.5) is 23.3 Å². The van der Waals surface area contributed by atoms with Gasteiger partial charge in [0.15, 0.2) is 5.82 Å². The molecular formula is C22H19ClN10. The van der Waals surface area contributed by atoms with Crippen molar-refractivity contribution in [2.24, 2.45) is 7.05 Å². The van der Waals surface area contributed by atoms with E-state index >= 15 is 0 Å². The second kappa shape index (κ2) is 7.76. The Morgan fingerprint density at radius 3 is 2.70 bits per heavy atom. The minimum absolute atomic E-state index is 0.233. The summed E-state index contributed by atoms with van der Waals surface area (Å²) in [7, 11) is 1.87. The SMILES string of the molecule is [C-]#[N+]c1cnc2c(NC3CC3)nc(Nc3cc(C#N)cc(-c4c(C)nn(C)c4C)c3Cl)nn12. The van der Waals surface area contributed by atoms with Crippen LogP contribution < -0.4 is 10.6 Å². The maximum absolute atomic E-state index is 9.64. The monoisotopic (exact) mass is 458 g/mol. The van der Waals surface area contributed by atoms with Gasteiger partial charge in [-0.3, -0.25) is 4.68 Å². The maximum atomic E-state index is 9.64. The minimum atomic E-state index is 0.233. The average Bonchev–Trinajstić information content (AvgIpc) is 3.45. The molecule has 2 N–H and O–H groups in total. The molecule has 33 heavy (non-hydrogen) atoms. The summed E-state index contributed by atoms with van der Waals surface area (Å²) < 4.78 is 3.23. The summed E-state index contributed by atoms with van der Waals surface area (Å²) in [6, 6.07) is 5.93. The van der Waals surface area contributed by atoms with Crippen LogP contribution in [-0.2, 0) is 7.05 Å². The molecular weight excluding hydrogens is 440 g/mol. The fourth-order valence-electron chi connectivity index (χ4n) is 3.76. The lowest BCUT2D eigenvalue weighted by Gasteiger charge is -2.13. The van der Waals surface area contributed by atoms with Gasteiger partial charge in [0, 0.05) is 29.9 Å². The Bertz CT molecular complexity index is 1500. The lowest BCUT2D eigenvalue weighted by molar-refractivity contribution is 0.731. The zero-order chi connectivity index (χ0) is 23.3. The summed E-state index contributed by atoms with van der Waals surface area (Å²) in [5.41, 5.74) is 4.72. The van der Waals surface area contributed by atoms with Gasteiger partial charge in [0.05, 0.1) is 34.2 Å². The third-order valence-corrected chi connectivity index (χ3v) is 6.01. The van der Waals surface area contributed by atoms with E-state index in [4.69, 9.17) is 18.2 Å². The van der Waals surface area contributed by atoms with Gasteiger partial charge in [-0.1, -0.05) is 23.3 Å². The van der Waals surface area contributed by atoms with E-state index in [1.807, 2.05) is 20.9 Å². The van der Waals surface area contributed by atoms with Gasteiger partial charge in [-0.25, -0.2) is 4.98 Å². The van der Waals surface area contributed by atoms with Crippen molar-refractivity contribution in [3.8, 4) is 17.2 Å². The third kappa shape index (κ3) is 3.60. The lowest BCUT2D eigenvalue weighted by atomic mass is 10.0. The number of halogens is 1. The topological polar surface area (TPSA) is 113 Å². The number of aromatic nitrogens is 6. The molecule has 1 saturated carbocycles. The maximum Gasteiger partial charge on any atom is 0.275 e. The molecule has 0 radical (unpaired) electrons. The predicted octanol–water partition coefficient (Wildman–Crippen LogP) is 4.54. The Kier molecular flexibility index (Phi) is 4.88. The molecule has 1 aliphatic rings. The summed E-state index contributed by atoms with van der Waals surface area (Å²) in [6.07, 6.45) is 3.57. The fraction of sp³-hybridized carbons (Fsp3) is 0.273. The first-order valence-corrected chi connectivity index (χ1v) is 10.7. The molecule has 0 atom stereocenters. The van der Waals surface area contributed by atoms with Gasteiger partial charge in [0.1, 0.15) is 0 Å². The molecule has 5 rings (SSSR count). The number of aryl methyl sites for hydroxylation is 2. The molecule has 11 heteroatoms. The van der Waals surface area contributed by atoms with E-state index in [-0.39, 0.29) is 11.8 Å². The molecule has 10 nitrogen and oxygen atoms in total. The van der Waals surface area contributed by atoms with Crippen molar-refractivity contribution in [1.82, 2.24) is 29.4 Å². The van der Waals surface area contributed by atoms with Crippen molar-refractivity contribution >= 4 is 40.5 Å². The van der Waals surface area contributed by atoms with E-state index in [1.165, 1.54) is 10.7 Å². The Labute approximate surface area is 194 Å². The normalized spacial score (nSPS) is 13.0. The number of anilines is 3. The smallest absolute Gasteiger partial charge is 0.275 e. The molecule has 0 bridgehead atoms. The van der Waals surface area contributed by atoms with Gasteiger partial charge in [-0.2, -0.15) is 15.3 Å². The number of imidazole rings is 1. The summed E-state index contributed by atoms with van der Waals surface area (Å²) in [5, 5.41) is 25.5. The zero-order valence-corrected chi connectivity index (χ0v) is 18.9. The van der Waals surface area contributed by atoms with Crippen molar-refractivity contribution in [3.05, 3.63) is 51.7 Å². The Hall–Kier alpha value is -4.15. The van der Waals surface area contributed by atoms with Crippen molar-refractivity contribution in [2.45, 2.75) is 32.7 Å². The summed E-state index contributed by atoms with van der Waals surface area (Å²) in [4.78, 5) is 12.4. The number of hydrogen-bond donors (Lipinski definition) is 2. The van der Waals surface area contributed by atoms with Gasteiger partial charge in [0.2, 0.25) is 0 Å². The Morgan fingerprint density at radius 1 is 1.27 bits per heavy atom. The van der Waals surface area contributed by atoms with E-state index in [1.54, 1.807) is 16.8 Å². The molecule has 0 aliphatic heterocycles. The number of nitrogens with one attached hydrogen (secondary N) is 2. The number of benzene rings is 1. The van der Waals surface area contributed by atoms with Crippen molar-refractivity contribution in [2.75, 3.05) is 10.6 Å². The van der Waals surface area contributed by atoms with E-state index in [0.29, 0.717) is 39.3 Å². The van der Waals surface area contributed by atoms with Crippen molar-refractivity contribution < 1.29 is 0 Å². The van der Waals surface area contributed by atoms with Crippen LogP contribution in [0.3, 0.4) is 0 Å². The highest BCUT2D eigenvalue weighted by molar-refractivity contribution is 6.36. The van der Waals surface area contributed by atoms with Gasteiger partial charge >= 0.3 is 0 Å². The third-order valence-electron chi connectivity index (χ3n) is 5.60. The molecule has 0 unspecified atom stereocenters. The van der Waals surface area contributed by atoms with Crippen LogP contribution in [0.15, 0.2) is 18.3 Å². The van der Waals surface area contributed by atoms with E-state index in [2.05, 4.69) is 41.7 Å². The Balaban J connectivity index is 1.64. The highest BCUT2D eigenvalue weighted by atomic mass is 35.5. The Morgan fingerprint density at radius 2 is 2.06 bits per heavy atom. The molecule has 4 aromatic rings. The highest BCUT2D eigenvalue weighted by Crippen LogP contribution is 2.39. The molecule has 0 amide bonds. The van der Waals surface area contributed by atoms with E-state index < -0.39 is 0 Å². The highest BCUT2D eigenvalue weighted by Gasteiger charge is 2.26. The van der Waals surface area contributed by atoms with Crippen LogP contribution in [-0.4, -0.2) is 35.4 Å². The lowest BCUT2D eigenvalue weighted by Crippen LogP contribution is -2.10. The molecule has 1 aliphatic carbocycles. The van der Waals surface area contributed by atoms with Crippen LogP contribution >= 0.6 is 11.6 Å². The second-order valence-corrected chi connectivity index (χ2v) is 8.34. The largest absolute Gasteiger partial charge is 0.362 e. The van der Waals surface area contributed by atoms with Crippen molar-refractivity contribution in [1.29, 1.82) is 5.26 Å².